The first-order valence-electron chi connectivity index (χ1n) is 13.5. The van der Waals surface area contributed by atoms with Crippen LogP contribution in [0.4, 0.5) is 5.82 Å². The van der Waals surface area contributed by atoms with Crippen molar-refractivity contribution in [3.8, 4) is 6.07 Å². The summed E-state index contributed by atoms with van der Waals surface area (Å²) in [5.41, 5.74) is 5.63. The Kier molecular flexibility index (Phi) is 9.35. The number of anilines is 1. The molecule has 1 aliphatic heterocycles. The van der Waals surface area contributed by atoms with Crippen LogP contribution in [-0.4, -0.2) is 69.1 Å². The topological polar surface area (TPSA) is 174 Å². The second kappa shape index (κ2) is 12.7. The second-order valence-electron chi connectivity index (χ2n) is 10.8. The van der Waals surface area contributed by atoms with Gasteiger partial charge in [-0.15, -0.1) is 0 Å². The first-order chi connectivity index (χ1) is 19.6. The number of rotatable bonds is 11. The van der Waals surface area contributed by atoms with Crippen molar-refractivity contribution < 1.29 is 28.9 Å². The molecule has 41 heavy (non-hydrogen) atoms. The van der Waals surface area contributed by atoms with E-state index in [4.69, 9.17) is 19.9 Å². The van der Waals surface area contributed by atoms with Crippen LogP contribution in [0.1, 0.15) is 39.0 Å². The number of nitrogens with one attached hydrogen (secondary N) is 1. The van der Waals surface area contributed by atoms with Crippen molar-refractivity contribution >= 4 is 23.2 Å². The van der Waals surface area contributed by atoms with Crippen LogP contribution < -0.4 is 11.1 Å². The van der Waals surface area contributed by atoms with E-state index in [1.54, 1.807) is 26.0 Å². The first-order valence-corrected chi connectivity index (χ1v) is 13.5. The van der Waals surface area contributed by atoms with E-state index in [2.05, 4.69) is 21.5 Å². The summed E-state index contributed by atoms with van der Waals surface area (Å²) in [5, 5.41) is 29.0. The summed E-state index contributed by atoms with van der Waals surface area (Å²) in [6.45, 7) is 7.22. The molecule has 4 rings (SSSR count). The van der Waals surface area contributed by atoms with Crippen molar-refractivity contribution in [2.45, 2.75) is 64.1 Å². The summed E-state index contributed by atoms with van der Waals surface area (Å²) in [7, 11) is 0. The van der Waals surface area contributed by atoms with E-state index in [9.17, 15) is 20.0 Å². The zero-order valence-corrected chi connectivity index (χ0v) is 23.6. The summed E-state index contributed by atoms with van der Waals surface area (Å²) in [5.74, 6) is -0.679. The van der Waals surface area contributed by atoms with Gasteiger partial charge in [0.1, 0.15) is 42.8 Å². The maximum Gasteiger partial charge on any atom is 0.310 e. The Labute approximate surface area is 238 Å². The van der Waals surface area contributed by atoms with E-state index in [1.165, 1.54) is 10.8 Å². The Morgan fingerprint density at radius 2 is 1.95 bits per heavy atom. The molecule has 218 valence electrons. The molecule has 0 radical (unpaired) electrons. The van der Waals surface area contributed by atoms with Gasteiger partial charge < -0.3 is 30.4 Å². The summed E-state index contributed by atoms with van der Waals surface area (Å²) >= 11 is 0. The molecule has 1 fully saturated rings. The highest BCUT2D eigenvalue weighted by Crippen LogP contribution is 2.42. The van der Waals surface area contributed by atoms with Crippen molar-refractivity contribution in [3.05, 3.63) is 60.0 Å². The van der Waals surface area contributed by atoms with Gasteiger partial charge in [0.2, 0.25) is 11.5 Å². The second-order valence-corrected chi connectivity index (χ2v) is 10.8. The molecule has 3 heterocycles. The smallest absolute Gasteiger partial charge is 0.310 e. The number of amides is 1. The fourth-order valence-corrected chi connectivity index (χ4v) is 4.47. The van der Waals surface area contributed by atoms with Gasteiger partial charge in [0, 0.05) is 12.0 Å². The highest BCUT2D eigenvalue weighted by Gasteiger charge is 2.59. The summed E-state index contributed by atoms with van der Waals surface area (Å²) in [4.78, 5) is 29.1. The average molecular weight is 565 g/mol. The molecule has 0 bridgehead atoms. The summed E-state index contributed by atoms with van der Waals surface area (Å²) < 4.78 is 19.1. The predicted octanol–water partition coefficient (Wildman–Crippen LogP) is 1.96. The molecule has 5 atom stereocenters. The van der Waals surface area contributed by atoms with Gasteiger partial charge in [0.25, 0.3) is 0 Å². The van der Waals surface area contributed by atoms with Crippen molar-refractivity contribution in [1.29, 1.82) is 5.26 Å². The number of aliphatic hydroxyl groups is 1. The minimum absolute atomic E-state index is 0.0500. The number of hydrogen-bond acceptors (Lipinski definition) is 10. The van der Waals surface area contributed by atoms with Gasteiger partial charge in [-0.05, 0) is 23.6 Å². The Balaban J connectivity index is 1.63. The van der Waals surface area contributed by atoms with E-state index in [0.29, 0.717) is 5.52 Å². The summed E-state index contributed by atoms with van der Waals surface area (Å²) in [6, 6.07) is 14.1. The average Bonchev–Trinajstić information content (AvgIpc) is 3.51. The minimum atomic E-state index is -1.94. The van der Waals surface area contributed by atoms with Gasteiger partial charge in [-0.3, -0.25) is 9.59 Å². The lowest BCUT2D eigenvalue weighted by atomic mass is 9.92. The van der Waals surface area contributed by atoms with E-state index in [-0.39, 0.29) is 54.9 Å². The molecule has 1 aliphatic rings. The van der Waals surface area contributed by atoms with Gasteiger partial charge in [-0.1, -0.05) is 58.0 Å². The number of carbonyl (C=O) groups excluding carboxylic acids is 2. The molecule has 0 spiro atoms. The fraction of sp³-hybridized carbons (Fsp3) is 0.483. The van der Waals surface area contributed by atoms with Crippen LogP contribution in [0.15, 0.2) is 48.8 Å². The molecule has 2 aromatic heterocycles. The molecule has 0 saturated carbocycles. The van der Waals surface area contributed by atoms with Crippen LogP contribution >= 0.6 is 0 Å². The highest BCUT2D eigenvalue weighted by molar-refractivity contribution is 5.94. The molecule has 0 aliphatic carbocycles. The molecule has 12 heteroatoms. The van der Waals surface area contributed by atoms with Crippen LogP contribution in [0.3, 0.4) is 0 Å². The summed E-state index contributed by atoms with van der Waals surface area (Å²) in [6.07, 6.45) is -2.25. The largest absolute Gasteiger partial charge is 0.463 e. The number of aromatic nitrogens is 3. The lowest BCUT2D eigenvalue weighted by molar-refractivity contribution is -0.151. The van der Waals surface area contributed by atoms with E-state index < -0.39 is 29.9 Å². The van der Waals surface area contributed by atoms with E-state index >= 15 is 0 Å². The number of fused-ring (bicyclic) bond motifs is 1. The molecule has 1 saturated heterocycles. The van der Waals surface area contributed by atoms with Gasteiger partial charge in [0.15, 0.2) is 5.82 Å². The van der Waals surface area contributed by atoms with Crippen LogP contribution in [0, 0.1) is 23.2 Å². The Hall–Kier alpha value is -3.89. The fourth-order valence-electron chi connectivity index (χ4n) is 4.47. The van der Waals surface area contributed by atoms with Crippen LogP contribution in [0.25, 0.3) is 5.52 Å². The lowest BCUT2D eigenvalue weighted by Gasteiger charge is -2.26. The monoisotopic (exact) mass is 564 g/mol. The number of carbonyl (C=O) groups is 2. The number of hydrogen-bond donors (Lipinski definition) is 3. The quantitative estimate of drug-likeness (QED) is 0.292. The van der Waals surface area contributed by atoms with Gasteiger partial charge in [0.05, 0.1) is 18.7 Å². The Morgan fingerprint density at radius 3 is 2.61 bits per heavy atom. The third-order valence-electron chi connectivity index (χ3n) is 7.13. The molecule has 4 N–H and O–H groups in total. The van der Waals surface area contributed by atoms with Crippen LogP contribution in [-0.2, 0) is 35.8 Å². The number of esters is 1. The predicted molar refractivity (Wildman–Crippen MR) is 148 cm³/mol. The van der Waals surface area contributed by atoms with Crippen molar-refractivity contribution in [2.75, 3.05) is 18.5 Å². The molecular weight excluding hydrogens is 528 g/mol. The van der Waals surface area contributed by atoms with E-state index in [0.717, 1.165) is 5.56 Å². The van der Waals surface area contributed by atoms with Gasteiger partial charge in [-0.25, -0.2) is 9.50 Å². The Morgan fingerprint density at radius 1 is 1.22 bits per heavy atom. The maximum atomic E-state index is 12.6. The molecule has 0 unspecified atom stereocenters. The normalized spacial score (nSPS) is 23.0. The van der Waals surface area contributed by atoms with Crippen LogP contribution in [0.2, 0.25) is 0 Å². The van der Waals surface area contributed by atoms with Crippen LogP contribution in [0.5, 0.6) is 0 Å². The third-order valence-corrected chi connectivity index (χ3v) is 7.13. The first kappa shape index (κ1) is 30.1. The number of nitrogens with two attached hydrogens (primary N) is 1. The van der Waals surface area contributed by atoms with E-state index in [1.807, 2.05) is 44.2 Å². The van der Waals surface area contributed by atoms with Gasteiger partial charge >= 0.3 is 5.97 Å². The van der Waals surface area contributed by atoms with Crippen molar-refractivity contribution in [1.82, 2.24) is 14.6 Å². The Bertz CT molecular complexity index is 1400. The maximum absolute atomic E-state index is 12.6. The molecule has 3 aromatic rings. The molecule has 1 aromatic carbocycles. The number of ether oxygens (including phenoxy) is 3. The van der Waals surface area contributed by atoms with Crippen molar-refractivity contribution in [3.63, 3.8) is 0 Å². The molecule has 1 amide bonds. The molecule has 12 nitrogen and oxygen atoms in total. The SMILES string of the molecule is CC(C)C(=O)Nc1ncnn2c([C@]3(C#N)O[C@H](COC(=O)Cc4ccccc4)[C@@H](OC[C@@H](N)C(C)C)[C@H]3O)ccc12. The standard InChI is InChI=1S/C29H36N6O6/c1-17(2)20(31)13-40-25-22(14-39-24(36)12-19-8-6-5-7-9-19)41-29(15-30,26(25)37)23-11-10-21-27(32-16-33-35(21)23)34-28(38)18(3)4/h5-11,16-18,20,22,25-26,37H,12-14,31H2,1-4H3,(H,32,33,34,38)/t20-,22-,25-,26-,29+/m1/s1. The zero-order chi connectivity index (χ0) is 29.7. The van der Waals surface area contributed by atoms with Crippen molar-refractivity contribution in [2.24, 2.45) is 17.6 Å². The zero-order valence-electron chi connectivity index (χ0n) is 23.6. The number of aliphatic hydroxyl groups excluding tert-OH is 1. The lowest BCUT2D eigenvalue weighted by Crippen LogP contribution is -2.44. The highest BCUT2D eigenvalue weighted by atomic mass is 16.6. The minimum Gasteiger partial charge on any atom is -0.463 e. The number of nitriles is 1. The molecular formula is C29H36N6O6. The number of nitrogens with zero attached hydrogens (tertiary/aromatic N) is 4. The third kappa shape index (κ3) is 6.39. The van der Waals surface area contributed by atoms with Gasteiger partial charge in [-0.2, -0.15) is 10.4 Å². The number of benzene rings is 1.